The fourth-order valence-corrected chi connectivity index (χ4v) is 3.91. The number of aromatic nitrogens is 2. The van der Waals surface area contributed by atoms with E-state index < -0.39 is 0 Å². The summed E-state index contributed by atoms with van der Waals surface area (Å²) >= 11 is 0. The lowest BCUT2D eigenvalue weighted by molar-refractivity contribution is 0.0746. The second kappa shape index (κ2) is 8.89. The molecule has 9 heteroatoms. The van der Waals surface area contributed by atoms with Crippen molar-refractivity contribution in [3.63, 3.8) is 0 Å². The first-order valence-electron chi connectivity index (χ1n) is 10.3. The van der Waals surface area contributed by atoms with Crippen LogP contribution < -0.4 is 10.5 Å². The van der Waals surface area contributed by atoms with E-state index in [1.165, 1.54) is 23.0 Å². The second-order valence-electron chi connectivity index (χ2n) is 7.56. The Labute approximate surface area is 178 Å². The second-order valence-corrected chi connectivity index (χ2v) is 7.56. The number of carbonyl (C=O) groups is 1. The molecule has 0 radical (unpaired) electrons. The molecule has 1 aromatic carbocycles. The Morgan fingerprint density at radius 1 is 1.19 bits per heavy atom. The summed E-state index contributed by atoms with van der Waals surface area (Å²) in [5, 5.41) is 0.225. The van der Waals surface area contributed by atoms with Crippen molar-refractivity contribution in [2.24, 2.45) is 0 Å². The highest BCUT2D eigenvalue weighted by molar-refractivity contribution is 6.06. The van der Waals surface area contributed by atoms with E-state index in [1.54, 1.807) is 31.1 Å². The maximum Gasteiger partial charge on any atom is 0.265 e. The van der Waals surface area contributed by atoms with Crippen LogP contribution in [0.4, 0.5) is 10.1 Å². The Hall–Kier alpha value is -3.20. The smallest absolute Gasteiger partial charge is 0.265 e. The molecule has 0 N–H and O–H groups in total. The molecule has 4 rings (SSSR count). The van der Waals surface area contributed by atoms with E-state index in [0.29, 0.717) is 51.5 Å². The molecule has 0 bridgehead atoms. The summed E-state index contributed by atoms with van der Waals surface area (Å²) in [6.07, 6.45) is 2.11. The van der Waals surface area contributed by atoms with Gasteiger partial charge in [-0.05, 0) is 37.6 Å². The Balaban J connectivity index is 1.55. The fraction of sp³-hybridized carbons (Fsp3) is 0.409. The molecule has 1 aliphatic rings. The Morgan fingerprint density at radius 3 is 2.58 bits per heavy atom. The van der Waals surface area contributed by atoms with E-state index in [2.05, 4.69) is 9.88 Å². The van der Waals surface area contributed by atoms with Crippen molar-refractivity contribution in [3.05, 3.63) is 58.1 Å². The van der Waals surface area contributed by atoms with E-state index in [1.807, 2.05) is 0 Å². The normalized spacial score (nSPS) is 14.4. The number of amides is 1. The standard InChI is InChI=1S/C22H25FN4O4/c1-15-18(19-20(31-15)24-14-27(22(19)29)8-3-13-30-2)21(28)26-11-9-25(10-12-26)17-6-4-16(23)5-7-17/h4-7,14H,3,8-13H2,1-2H3. The number of rotatable bonds is 6. The Morgan fingerprint density at radius 2 is 1.90 bits per heavy atom. The van der Waals surface area contributed by atoms with Gasteiger partial charge in [-0.1, -0.05) is 0 Å². The number of hydrogen-bond donors (Lipinski definition) is 0. The number of piperazine rings is 1. The van der Waals surface area contributed by atoms with Gasteiger partial charge in [-0.3, -0.25) is 14.2 Å². The SMILES string of the molecule is COCCCn1cnc2oc(C)c(C(=O)N3CCN(c4ccc(F)cc4)CC3)c2c1=O. The highest BCUT2D eigenvalue weighted by atomic mass is 19.1. The van der Waals surface area contributed by atoms with Gasteiger partial charge >= 0.3 is 0 Å². The summed E-state index contributed by atoms with van der Waals surface area (Å²) < 4.78 is 25.3. The van der Waals surface area contributed by atoms with Crippen LogP contribution >= 0.6 is 0 Å². The zero-order valence-corrected chi connectivity index (χ0v) is 17.6. The lowest BCUT2D eigenvalue weighted by atomic mass is 10.1. The molecule has 1 fully saturated rings. The monoisotopic (exact) mass is 428 g/mol. The predicted octanol–water partition coefficient (Wildman–Crippen LogP) is 2.44. The maximum atomic E-state index is 13.3. The quantitative estimate of drug-likeness (QED) is 0.561. The Bertz CT molecular complexity index is 1130. The number of anilines is 1. The molecule has 0 saturated carbocycles. The van der Waals surface area contributed by atoms with E-state index in [9.17, 15) is 14.0 Å². The molecule has 0 aliphatic carbocycles. The summed E-state index contributed by atoms with van der Waals surface area (Å²) in [7, 11) is 1.61. The van der Waals surface area contributed by atoms with Crippen molar-refractivity contribution in [2.75, 3.05) is 44.8 Å². The zero-order valence-electron chi connectivity index (χ0n) is 17.6. The third-order valence-corrected chi connectivity index (χ3v) is 5.57. The highest BCUT2D eigenvalue weighted by Crippen LogP contribution is 2.24. The van der Waals surface area contributed by atoms with Crippen molar-refractivity contribution in [1.82, 2.24) is 14.5 Å². The molecule has 0 unspecified atom stereocenters. The van der Waals surface area contributed by atoms with Gasteiger partial charge in [-0.15, -0.1) is 0 Å². The molecule has 2 aromatic heterocycles. The number of ether oxygens (including phenoxy) is 1. The number of halogens is 1. The van der Waals surface area contributed by atoms with Gasteiger partial charge in [0.25, 0.3) is 11.5 Å². The molecule has 8 nitrogen and oxygen atoms in total. The van der Waals surface area contributed by atoms with Crippen LogP contribution in [0.25, 0.3) is 11.1 Å². The summed E-state index contributed by atoms with van der Waals surface area (Å²) in [5.41, 5.74) is 1.09. The van der Waals surface area contributed by atoms with Crippen molar-refractivity contribution >= 4 is 22.7 Å². The van der Waals surface area contributed by atoms with Crippen LogP contribution in [-0.2, 0) is 11.3 Å². The summed E-state index contributed by atoms with van der Waals surface area (Å²) in [6.45, 7) is 4.87. The molecular weight excluding hydrogens is 403 g/mol. The molecule has 1 amide bonds. The van der Waals surface area contributed by atoms with Crippen LogP contribution in [0.1, 0.15) is 22.5 Å². The lowest BCUT2D eigenvalue weighted by Crippen LogP contribution is -2.49. The van der Waals surface area contributed by atoms with Crippen LogP contribution in [-0.4, -0.2) is 60.3 Å². The van der Waals surface area contributed by atoms with Gasteiger partial charge < -0.3 is 19.0 Å². The molecule has 1 saturated heterocycles. The highest BCUT2D eigenvalue weighted by Gasteiger charge is 2.29. The number of hydrogen-bond acceptors (Lipinski definition) is 6. The lowest BCUT2D eigenvalue weighted by Gasteiger charge is -2.36. The van der Waals surface area contributed by atoms with Crippen molar-refractivity contribution in [2.45, 2.75) is 19.9 Å². The summed E-state index contributed by atoms with van der Waals surface area (Å²) in [5.74, 6) is -0.120. The van der Waals surface area contributed by atoms with E-state index in [-0.39, 0.29) is 33.9 Å². The number of nitrogens with zero attached hydrogens (tertiary/aromatic N) is 4. The van der Waals surface area contributed by atoms with E-state index in [0.717, 1.165) is 5.69 Å². The van der Waals surface area contributed by atoms with Crippen LogP contribution in [0.3, 0.4) is 0 Å². The van der Waals surface area contributed by atoms with E-state index >= 15 is 0 Å². The number of benzene rings is 1. The topological polar surface area (TPSA) is 80.8 Å². The minimum absolute atomic E-state index is 0.179. The molecule has 3 aromatic rings. The summed E-state index contributed by atoms with van der Waals surface area (Å²) in [4.78, 5) is 34.4. The maximum absolute atomic E-state index is 13.3. The largest absolute Gasteiger partial charge is 0.442 e. The first kappa shape index (κ1) is 21.0. The van der Waals surface area contributed by atoms with Gasteiger partial charge in [0, 0.05) is 52.1 Å². The molecule has 3 heterocycles. The van der Waals surface area contributed by atoms with Gasteiger partial charge in [-0.2, -0.15) is 0 Å². The summed E-state index contributed by atoms with van der Waals surface area (Å²) in [6, 6.07) is 6.33. The van der Waals surface area contributed by atoms with Gasteiger partial charge in [0.2, 0.25) is 5.71 Å². The number of aryl methyl sites for hydroxylation is 2. The average molecular weight is 428 g/mol. The number of furan rings is 1. The zero-order chi connectivity index (χ0) is 22.0. The van der Waals surface area contributed by atoms with Crippen LogP contribution in [0.5, 0.6) is 0 Å². The molecular formula is C22H25FN4O4. The molecule has 0 spiro atoms. The van der Waals surface area contributed by atoms with Gasteiger partial charge in [0.1, 0.15) is 23.3 Å². The van der Waals surface area contributed by atoms with Crippen molar-refractivity contribution in [3.8, 4) is 0 Å². The van der Waals surface area contributed by atoms with Gasteiger partial charge in [0.05, 0.1) is 5.56 Å². The predicted molar refractivity (Wildman–Crippen MR) is 114 cm³/mol. The van der Waals surface area contributed by atoms with E-state index in [4.69, 9.17) is 9.15 Å². The first-order chi connectivity index (χ1) is 15.0. The molecule has 31 heavy (non-hydrogen) atoms. The third kappa shape index (κ3) is 4.18. The minimum Gasteiger partial charge on any atom is -0.442 e. The number of carbonyl (C=O) groups excluding carboxylic acids is 1. The number of methoxy groups -OCH3 is 1. The van der Waals surface area contributed by atoms with Crippen molar-refractivity contribution in [1.29, 1.82) is 0 Å². The van der Waals surface area contributed by atoms with Crippen molar-refractivity contribution < 1.29 is 18.3 Å². The average Bonchev–Trinajstić information content (AvgIpc) is 3.12. The Kier molecular flexibility index (Phi) is 6.03. The first-order valence-corrected chi connectivity index (χ1v) is 10.3. The molecule has 164 valence electrons. The molecule has 1 aliphatic heterocycles. The fourth-order valence-electron chi connectivity index (χ4n) is 3.91. The van der Waals surface area contributed by atoms with Crippen LogP contribution in [0.2, 0.25) is 0 Å². The van der Waals surface area contributed by atoms with Gasteiger partial charge in [-0.25, -0.2) is 9.37 Å². The van der Waals surface area contributed by atoms with Crippen LogP contribution in [0.15, 0.2) is 39.8 Å². The van der Waals surface area contributed by atoms with Gasteiger partial charge in [0.15, 0.2) is 0 Å². The van der Waals surface area contributed by atoms with Crippen LogP contribution in [0, 0.1) is 12.7 Å². The third-order valence-electron chi connectivity index (χ3n) is 5.57. The minimum atomic E-state index is -0.286. The number of fused-ring (bicyclic) bond motifs is 1. The molecule has 0 atom stereocenters.